The van der Waals surface area contributed by atoms with Gasteiger partial charge in [-0.2, -0.15) is 0 Å². The highest BCUT2D eigenvalue weighted by Crippen LogP contribution is 2.30. The van der Waals surface area contributed by atoms with E-state index in [9.17, 15) is 14.0 Å². The van der Waals surface area contributed by atoms with Gasteiger partial charge in [0.15, 0.2) is 0 Å². The highest BCUT2D eigenvalue weighted by molar-refractivity contribution is 7.09. The summed E-state index contributed by atoms with van der Waals surface area (Å²) >= 11 is 1.47. The maximum Gasteiger partial charge on any atom is 0.275 e. The van der Waals surface area contributed by atoms with Gasteiger partial charge in [-0.25, -0.2) is 9.37 Å². The summed E-state index contributed by atoms with van der Waals surface area (Å²) in [6.07, 6.45) is 4.27. The molecule has 1 atom stereocenters. The van der Waals surface area contributed by atoms with E-state index in [0.717, 1.165) is 4.88 Å². The first-order chi connectivity index (χ1) is 16.5. The molecule has 0 aliphatic heterocycles. The number of thiophene rings is 1. The Hall–Kier alpha value is -4.11. The van der Waals surface area contributed by atoms with E-state index in [1.165, 1.54) is 66.2 Å². The molecule has 0 aliphatic rings. The topological polar surface area (TPSA) is 84.4 Å². The second kappa shape index (κ2) is 10.7. The van der Waals surface area contributed by atoms with Gasteiger partial charge in [0.05, 0.1) is 19.9 Å². The molecular formula is C25H21FN4O3S. The van der Waals surface area contributed by atoms with Crippen molar-refractivity contribution in [2.75, 3.05) is 12.4 Å². The summed E-state index contributed by atoms with van der Waals surface area (Å²) < 4.78 is 18.7. The van der Waals surface area contributed by atoms with Crippen LogP contribution in [0.1, 0.15) is 27.0 Å². The summed E-state index contributed by atoms with van der Waals surface area (Å²) in [4.78, 5) is 37.7. The van der Waals surface area contributed by atoms with Gasteiger partial charge in [-0.05, 0) is 53.4 Å². The van der Waals surface area contributed by atoms with Crippen LogP contribution in [-0.4, -0.2) is 33.8 Å². The van der Waals surface area contributed by atoms with Crippen molar-refractivity contribution in [1.82, 2.24) is 14.9 Å². The predicted molar refractivity (Wildman–Crippen MR) is 127 cm³/mol. The van der Waals surface area contributed by atoms with Gasteiger partial charge >= 0.3 is 0 Å². The molecule has 0 fully saturated rings. The fourth-order valence-corrected chi connectivity index (χ4v) is 4.14. The number of rotatable bonds is 8. The normalized spacial score (nSPS) is 11.5. The van der Waals surface area contributed by atoms with Crippen molar-refractivity contribution in [2.45, 2.75) is 12.6 Å². The number of anilines is 1. The van der Waals surface area contributed by atoms with Crippen LogP contribution in [0.2, 0.25) is 0 Å². The molecule has 4 rings (SSSR count). The molecule has 0 spiro atoms. The Labute approximate surface area is 199 Å². The first kappa shape index (κ1) is 23.1. The summed E-state index contributed by atoms with van der Waals surface area (Å²) in [7, 11) is 1.53. The van der Waals surface area contributed by atoms with Crippen molar-refractivity contribution in [3.8, 4) is 5.75 Å². The molecular weight excluding hydrogens is 455 g/mol. The Kier molecular flexibility index (Phi) is 7.24. The molecule has 2 aromatic carbocycles. The van der Waals surface area contributed by atoms with Crippen molar-refractivity contribution >= 4 is 28.8 Å². The highest BCUT2D eigenvalue weighted by Gasteiger charge is 2.33. The molecule has 9 heteroatoms. The fraction of sp³-hybridized carbons (Fsp3) is 0.120. The van der Waals surface area contributed by atoms with Crippen molar-refractivity contribution in [2.24, 2.45) is 0 Å². The number of benzene rings is 2. The molecule has 0 radical (unpaired) electrons. The van der Waals surface area contributed by atoms with Crippen molar-refractivity contribution in [3.63, 3.8) is 0 Å². The fourth-order valence-electron chi connectivity index (χ4n) is 3.44. The van der Waals surface area contributed by atoms with E-state index in [0.29, 0.717) is 17.0 Å². The Bertz CT molecular complexity index is 1250. The van der Waals surface area contributed by atoms with Gasteiger partial charge in [0, 0.05) is 23.0 Å². The van der Waals surface area contributed by atoms with Gasteiger partial charge in [-0.1, -0.05) is 18.2 Å². The molecule has 0 saturated carbocycles. The first-order valence-corrected chi connectivity index (χ1v) is 11.2. The van der Waals surface area contributed by atoms with Crippen molar-refractivity contribution in [3.05, 3.63) is 107 Å². The van der Waals surface area contributed by atoms with E-state index in [1.54, 1.807) is 24.3 Å². The minimum atomic E-state index is -1.03. The number of carbonyl (C=O) groups is 2. The molecule has 34 heavy (non-hydrogen) atoms. The third-order valence-electron chi connectivity index (χ3n) is 5.03. The minimum Gasteiger partial charge on any atom is -0.497 e. The van der Waals surface area contributed by atoms with Crippen LogP contribution < -0.4 is 10.1 Å². The zero-order valence-corrected chi connectivity index (χ0v) is 19.0. The molecule has 1 N–H and O–H groups in total. The lowest BCUT2D eigenvalue weighted by Crippen LogP contribution is -2.41. The Balaban J connectivity index is 1.78. The number of halogens is 1. The average Bonchev–Trinajstić information content (AvgIpc) is 3.38. The molecule has 0 saturated heterocycles. The second-order valence-electron chi connectivity index (χ2n) is 7.28. The standard InChI is InChI=1S/C25H21FN4O3S/c1-33-20-5-2-4-17(14-20)23(24(31)29-19-9-7-18(26)8-10-19)30(16-21-6-3-13-34-21)25(32)22-15-27-11-12-28-22/h2-15,23H,16H2,1H3,(H,29,31). The zero-order valence-electron chi connectivity index (χ0n) is 18.2. The molecule has 2 heterocycles. The number of ether oxygens (including phenoxy) is 1. The van der Waals surface area contributed by atoms with Gasteiger partial charge in [0.1, 0.15) is 23.3 Å². The summed E-state index contributed by atoms with van der Waals surface area (Å²) in [5.41, 5.74) is 1.07. The van der Waals surface area contributed by atoms with Crippen molar-refractivity contribution in [1.29, 1.82) is 0 Å². The monoisotopic (exact) mass is 476 g/mol. The maximum absolute atomic E-state index is 13.6. The number of hydrogen-bond donors (Lipinski definition) is 1. The molecule has 2 aromatic heterocycles. The number of carbonyl (C=O) groups excluding carboxylic acids is 2. The van der Waals surface area contributed by atoms with E-state index >= 15 is 0 Å². The number of amides is 2. The van der Waals surface area contributed by atoms with Gasteiger partial charge < -0.3 is 15.0 Å². The third-order valence-corrected chi connectivity index (χ3v) is 5.89. The highest BCUT2D eigenvalue weighted by atomic mass is 32.1. The lowest BCUT2D eigenvalue weighted by atomic mass is 10.0. The van der Waals surface area contributed by atoms with Crippen LogP contribution in [0.3, 0.4) is 0 Å². The average molecular weight is 477 g/mol. The van der Waals surface area contributed by atoms with Crippen LogP contribution in [0.25, 0.3) is 0 Å². The number of methoxy groups -OCH3 is 1. The molecule has 2 amide bonds. The molecule has 4 aromatic rings. The Morgan fingerprint density at radius 1 is 1.12 bits per heavy atom. The van der Waals surface area contributed by atoms with Crippen LogP contribution in [0.15, 0.2) is 84.6 Å². The second-order valence-corrected chi connectivity index (χ2v) is 8.31. The summed E-state index contributed by atoms with van der Waals surface area (Å²) in [6.45, 7) is 0.172. The first-order valence-electron chi connectivity index (χ1n) is 10.3. The lowest BCUT2D eigenvalue weighted by Gasteiger charge is -2.31. The zero-order chi connectivity index (χ0) is 23.9. The van der Waals surface area contributed by atoms with E-state index in [2.05, 4.69) is 15.3 Å². The molecule has 1 unspecified atom stereocenters. The molecule has 7 nitrogen and oxygen atoms in total. The van der Waals surface area contributed by atoms with Gasteiger partial charge in [0.2, 0.25) is 0 Å². The van der Waals surface area contributed by atoms with Crippen LogP contribution in [0.5, 0.6) is 5.75 Å². The maximum atomic E-state index is 13.6. The third kappa shape index (κ3) is 5.44. The molecule has 0 bridgehead atoms. The predicted octanol–water partition coefficient (Wildman–Crippen LogP) is 4.71. The summed E-state index contributed by atoms with van der Waals surface area (Å²) in [5, 5.41) is 4.70. The van der Waals surface area contributed by atoms with Gasteiger partial charge in [-0.3, -0.25) is 14.6 Å². The Morgan fingerprint density at radius 3 is 2.62 bits per heavy atom. The molecule has 172 valence electrons. The quantitative estimate of drug-likeness (QED) is 0.398. The van der Waals surface area contributed by atoms with Crippen LogP contribution in [0.4, 0.5) is 10.1 Å². The van der Waals surface area contributed by atoms with Crippen LogP contribution in [0, 0.1) is 5.82 Å². The van der Waals surface area contributed by atoms with Gasteiger partial charge in [0.25, 0.3) is 11.8 Å². The number of aromatic nitrogens is 2. The van der Waals surface area contributed by atoms with Gasteiger partial charge in [-0.15, -0.1) is 11.3 Å². The van der Waals surface area contributed by atoms with E-state index in [-0.39, 0.29) is 12.2 Å². The van der Waals surface area contributed by atoms with Crippen molar-refractivity contribution < 1.29 is 18.7 Å². The minimum absolute atomic E-state index is 0.113. The van der Waals surface area contributed by atoms with E-state index < -0.39 is 23.7 Å². The SMILES string of the molecule is COc1cccc(C(C(=O)Nc2ccc(F)cc2)N(Cc2cccs2)C(=O)c2cnccn2)c1. The van der Waals surface area contributed by atoms with E-state index in [1.807, 2.05) is 17.5 Å². The number of nitrogens with one attached hydrogen (secondary N) is 1. The molecule has 0 aliphatic carbocycles. The van der Waals surface area contributed by atoms with Crippen LogP contribution >= 0.6 is 11.3 Å². The Morgan fingerprint density at radius 2 is 1.94 bits per heavy atom. The largest absolute Gasteiger partial charge is 0.497 e. The van der Waals surface area contributed by atoms with Crippen LogP contribution in [-0.2, 0) is 11.3 Å². The number of hydrogen-bond acceptors (Lipinski definition) is 6. The lowest BCUT2D eigenvalue weighted by molar-refractivity contribution is -0.121. The smallest absolute Gasteiger partial charge is 0.275 e. The summed E-state index contributed by atoms with van der Waals surface area (Å²) in [5.74, 6) is -0.795. The summed E-state index contributed by atoms with van der Waals surface area (Å²) in [6, 6.07) is 15.1. The van der Waals surface area contributed by atoms with E-state index in [4.69, 9.17) is 4.74 Å². The number of nitrogens with zero attached hydrogens (tertiary/aromatic N) is 3.